The van der Waals surface area contributed by atoms with E-state index < -0.39 is 36.3 Å². The smallest absolute Gasteiger partial charge is 0.231 e. The van der Waals surface area contributed by atoms with Crippen LogP contribution in [0.25, 0.3) is 0 Å². The van der Waals surface area contributed by atoms with E-state index in [0.29, 0.717) is 0 Å². The van der Waals surface area contributed by atoms with Gasteiger partial charge in [0.1, 0.15) is 6.10 Å². The molecular weight excluding hydrogens is 168 g/mol. The van der Waals surface area contributed by atoms with Gasteiger partial charge in [0, 0.05) is 6.42 Å². The Hall–Kier alpha value is -0.530. The molecule has 1 atom stereocenters. The zero-order valence-electron chi connectivity index (χ0n) is 6.14. The molecule has 0 saturated heterocycles. The molecule has 0 spiro atoms. The third-order valence-electron chi connectivity index (χ3n) is 1.75. The Kier molecular flexibility index (Phi) is 1.97. The Morgan fingerprint density at radius 3 is 2.17 bits per heavy atom. The summed E-state index contributed by atoms with van der Waals surface area (Å²) in [7, 11) is 0. The Morgan fingerprint density at radius 2 is 1.75 bits per heavy atom. The van der Waals surface area contributed by atoms with Crippen molar-refractivity contribution in [2.45, 2.75) is 30.5 Å². The minimum absolute atomic E-state index is 0.602. The van der Waals surface area contributed by atoms with Gasteiger partial charge in [-0.15, -0.1) is 0 Å². The highest BCUT2D eigenvalue weighted by Crippen LogP contribution is 2.29. The topological polar surface area (TPSA) is 118 Å². The summed E-state index contributed by atoms with van der Waals surface area (Å²) in [6.07, 6.45) is -3.26. The van der Waals surface area contributed by atoms with Crippen molar-refractivity contribution in [3.63, 3.8) is 0 Å². The lowest BCUT2D eigenvalue weighted by molar-refractivity contribution is -0.275. The number of aliphatic hydroxyl groups excluding tert-OH is 1. The molecule has 0 aromatic carbocycles. The molecule has 6 nitrogen and oxygen atoms in total. The van der Waals surface area contributed by atoms with Crippen LogP contribution in [-0.2, 0) is 4.79 Å². The fourth-order valence-corrected chi connectivity index (χ4v) is 1.22. The van der Waals surface area contributed by atoms with Crippen LogP contribution in [0.5, 0.6) is 0 Å². The number of hydrogen-bond donors (Lipinski definition) is 5. The maximum atomic E-state index is 10.8. The van der Waals surface area contributed by atoms with E-state index in [2.05, 4.69) is 0 Å². The first kappa shape index (κ1) is 9.56. The summed E-state index contributed by atoms with van der Waals surface area (Å²) in [5, 5.41) is 44.5. The van der Waals surface area contributed by atoms with Gasteiger partial charge in [-0.2, -0.15) is 0 Å². The average Bonchev–Trinajstić information content (AvgIpc) is 1.79. The van der Waals surface area contributed by atoms with Gasteiger partial charge in [-0.25, -0.2) is 0 Å². The van der Waals surface area contributed by atoms with E-state index in [1.165, 1.54) is 0 Å². The normalized spacial score (nSPS) is 33.4. The maximum Gasteiger partial charge on any atom is 0.231 e. The number of carbonyl (C=O) groups excluding carboxylic acids is 1. The first-order valence-electron chi connectivity index (χ1n) is 3.36. The van der Waals surface area contributed by atoms with E-state index in [-0.39, 0.29) is 0 Å². The molecule has 1 fully saturated rings. The van der Waals surface area contributed by atoms with Crippen molar-refractivity contribution in [3.8, 4) is 0 Å². The summed E-state index contributed by atoms with van der Waals surface area (Å²) in [6, 6.07) is 0. The summed E-state index contributed by atoms with van der Waals surface area (Å²) in [6.45, 7) is 0. The van der Waals surface area contributed by atoms with Gasteiger partial charge in [0.2, 0.25) is 11.6 Å². The van der Waals surface area contributed by atoms with Crippen molar-refractivity contribution in [1.82, 2.24) is 0 Å². The largest absolute Gasteiger partial charge is 0.385 e. The molecule has 0 radical (unpaired) electrons. The number of rotatable bonds is 0. The van der Waals surface area contributed by atoms with Crippen LogP contribution in [0, 0.1) is 0 Å². The lowest BCUT2D eigenvalue weighted by atomic mass is 9.86. The van der Waals surface area contributed by atoms with Gasteiger partial charge in [0.15, 0.2) is 5.79 Å². The van der Waals surface area contributed by atoms with Crippen molar-refractivity contribution >= 4 is 5.78 Å². The van der Waals surface area contributed by atoms with Gasteiger partial charge in [0.25, 0.3) is 0 Å². The molecule has 0 aliphatic heterocycles. The van der Waals surface area contributed by atoms with Crippen LogP contribution in [0.15, 0.2) is 0 Å². The summed E-state index contributed by atoms with van der Waals surface area (Å²) in [5.74, 6) is -6.46. The van der Waals surface area contributed by atoms with Crippen LogP contribution in [0.4, 0.5) is 0 Å². The Bertz CT molecular complexity index is 208. The molecule has 1 aliphatic carbocycles. The molecule has 6 heteroatoms. The van der Waals surface area contributed by atoms with Crippen LogP contribution in [0.2, 0.25) is 0 Å². The van der Waals surface area contributed by atoms with E-state index in [4.69, 9.17) is 25.5 Å². The first-order chi connectivity index (χ1) is 5.25. The van der Waals surface area contributed by atoms with Crippen LogP contribution < -0.4 is 0 Å². The van der Waals surface area contributed by atoms with Gasteiger partial charge in [-0.1, -0.05) is 0 Å². The molecule has 0 amide bonds. The van der Waals surface area contributed by atoms with Crippen LogP contribution in [0.1, 0.15) is 12.8 Å². The van der Waals surface area contributed by atoms with Gasteiger partial charge >= 0.3 is 0 Å². The Morgan fingerprint density at radius 1 is 1.25 bits per heavy atom. The second kappa shape index (κ2) is 2.48. The third-order valence-corrected chi connectivity index (χ3v) is 1.75. The number of aliphatic hydroxyl groups is 5. The standard InChI is InChI=1S/C6H10O6/c7-3-1-5(9,10)2-6(11,12)4(3)8/h3,7,9-12H,1-2H2. The molecule has 1 unspecified atom stereocenters. The van der Waals surface area contributed by atoms with Crippen LogP contribution in [-0.4, -0.2) is 49.0 Å². The lowest BCUT2D eigenvalue weighted by Gasteiger charge is -2.36. The fraction of sp³-hybridized carbons (Fsp3) is 0.833. The van der Waals surface area contributed by atoms with E-state index in [1.54, 1.807) is 0 Å². The molecule has 0 heterocycles. The summed E-state index contributed by atoms with van der Waals surface area (Å²) in [5.41, 5.74) is 0. The van der Waals surface area contributed by atoms with Crippen molar-refractivity contribution < 1.29 is 30.3 Å². The summed E-state index contributed by atoms with van der Waals surface area (Å²) >= 11 is 0. The monoisotopic (exact) mass is 178 g/mol. The zero-order chi connectivity index (χ0) is 9.57. The van der Waals surface area contributed by atoms with Crippen LogP contribution >= 0.6 is 0 Å². The number of carbonyl (C=O) groups is 1. The van der Waals surface area contributed by atoms with Crippen molar-refractivity contribution in [2.24, 2.45) is 0 Å². The Balaban J connectivity index is 2.87. The molecule has 1 saturated carbocycles. The molecule has 12 heavy (non-hydrogen) atoms. The van der Waals surface area contributed by atoms with Gasteiger partial charge in [-0.3, -0.25) is 4.79 Å². The maximum absolute atomic E-state index is 10.8. The predicted molar refractivity (Wildman–Crippen MR) is 34.6 cm³/mol. The fourth-order valence-electron chi connectivity index (χ4n) is 1.22. The minimum Gasteiger partial charge on any atom is -0.385 e. The molecule has 5 N–H and O–H groups in total. The van der Waals surface area contributed by atoms with E-state index in [1.807, 2.05) is 0 Å². The van der Waals surface area contributed by atoms with E-state index in [0.717, 1.165) is 0 Å². The first-order valence-corrected chi connectivity index (χ1v) is 3.36. The molecule has 1 rings (SSSR count). The number of ketones is 1. The van der Waals surface area contributed by atoms with Gasteiger partial charge in [0.05, 0.1) is 6.42 Å². The van der Waals surface area contributed by atoms with Crippen molar-refractivity contribution in [3.05, 3.63) is 0 Å². The highest BCUT2D eigenvalue weighted by atomic mass is 16.5. The highest BCUT2D eigenvalue weighted by Gasteiger charge is 2.51. The van der Waals surface area contributed by atoms with Gasteiger partial charge in [-0.05, 0) is 0 Å². The SMILES string of the molecule is O=C1C(O)CC(O)(O)CC1(O)O. The van der Waals surface area contributed by atoms with Crippen LogP contribution in [0.3, 0.4) is 0 Å². The quantitative estimate of drug-likeness (QED) is 0.253. The predicted octanol–water partition coefficient (Wildman–Crippen LogP) is -2.93. The molecule has 0 aromatic heterocycles. The van der Waals surface area contributed by atoms with E-state index in [9.17, 15) is 4.79 Å². The second-order valence-electron chi connectivity index (χ2n) is 3.06. The molecule has 0 aromatic rings. The third kappa shape index (κ3) is 1.62. The molecule has 70 valence electrons. The van der Waals surface area contributed by atoms with Crippen molar-refractivity contribution in [2.75, 3.05) is 0 Å². The molecule has 1 aliphatic rings. The van der Waals surface area contributed by atoms with Gasteiger partial charge < -0.3 is 25.5 Å². The summed E-state index contributed by atoms with van der Waals surface area (Å²) in [4.78, 5) is 10.8. The summed E-state index contributed by atoms with van der Waals surface area (Å²) < 4.78 is 0. The average molecular weight is 178 g/mol. The molecular formula is C6H10O6. The Labute approximate surface area is 67.7 Å². The van der Waals surface area contributed by atoms with Crippen molar-refractivity contribution in [1.29, 1.82) is 0 Å². The van der Waals surface area contributed by atoms with E-state index >= 15 is 0 Å². The molecule has 0 bridgehead atoms. The second-order valence-corrected chi connectivity index (χ2v) is 3.06. The zero-order valence-corrected chi connectivity index (χ0v) is 6.14. The number of Topliss-reactive ketones (excluding diaryl/α,β-unsaturated/α-hetero) is 1. The lowest BCUT2D eigenvalue weighted by Crippen LogP contribution is -2.57. The minimum atomic E-state index is -2.85. The highest BCUT2D eigenvalue weighted by molar-refractivity contribution is 5.90. The number of hydrogen-bond acceptors (Lipinski definition) is 6.